The zero-order valence-corrected chi connectivity index (χ0v) is 17.1. The highest BCUT2D eigenvalue weighted by atomic mass is 19.1. The highest BCUT2D eigenvalue weighted by Gasteiger charge is 2.21. The highest BCUT2D eigenvalue weighted by Crippen LogP contribution is 2.30. The number of nitrogens with one attached hydrogen (secondary N) is 2. The van der Waals surface area contributed by atoms with E-state index in [4.69, 9.17) is 8.94 Å². The lowest BCUT2D eigenvalue weighted by Crippen LogP contribution is -2.42. The number of amides is 2. The van der Waals surface area contributed by atoms with Crippen molar-refractivity contribution in [1.29, 1.82) is 0 Å². The van der Waals surface area contributed by atoms with E-state index in [1.807, 2.05) is 13.0 Å². The third-order valence-corrected chi connectivity index (χ3v) is 4.77. The van der Waals surface area contributed by atoms with Gasteiger partial charge in [-0.05, 0) is 50.6 Å². The van der Waals surface area contributed by atoms with Gasteiger partial charge in [0.1, 0.15) is 17.3 Å². The number of pyridine rings is 1. The van der Waals surface area contributed by atoms with E-state index in [0.29, 0.717) is 33.9 Å². The van der Waals surface area contributed by atoms with E-state index in [-0.39, 0.29) is 23.5 Å². The Morgan fingerprint density at radius 3 is 2.48 bits per heavy atom. The molecule has 0 aliphatic rings. The molecule has 158 valence electrons. The number of aryl methyl sites for hydroxylation is 3. The van der Waals surface area contributed by atoms with E-state index in [9.17, 15) is 14.0 Å². The molecule has 3 aromatic heterocycles. The van der Waals surface area contributed by atoms with Crippen LogP contribution in [-0.2, 0) is 11.2 Å². The number of hydrazine groups is 1. The van der Waals surface area contributed by atoms with Crippen LogP contribution in [0.25, 0.3) is 22.4 Å². The summed E-state index contributed by atoms with van der Waals surface area (Å²) in [6.07, 6.45) is -0.0165. The molecule has 0 saturated carbocycles. The first-order valence-electron chi connectivity index (χ1n) is 9.50. The molecule has 2 N–H and O–H groups in total. The van der Waals surface area contributed by atoms with Crippen molar-refractivity contribution in [3.63, 3.8) is 0 Å². The molecule has 4 rings (SSSR count). The molecular formula is C22H19FN4O4. The summed E-state index contributed by atoms with van der Waals surface area (Å²) < 4.78 is 23.8. The van der Waals surface area contributed by atoms with Crippen LogP contribution in [0.15, 0.2) is 45.3 Å². The first-order chi connectivity index (χ1) is 14.8. The Balaban J connectivity index is 1.58. The number of carbonyl (C=O) groups excluding carboxylic acids is 2. The molecule has 9 heteroatoms. The second kappa shape index (κ2) is 8.02. The molecule has 0 aliphatic carbocycles. The number of furan rings is 1. The average Bonchev–Trinajstić information content (AvgIpc) is 3.28. The second-order valence-electron chi connectivity index (χ2n) is 7.14. The Labute approximate surface area is 176 Å². The summed E-state index contributed by atoms with van der Waals surface area (Å²) in [6, 6.07) is 8.97. The average molecular weight is 422 g/mol. The van der Waals surface area contributed by atoms with Crippen molar-refractivity contribution in [3.8, 4) is 11.3 Å². The number of halogens is 1. The van der Waals surface area contributed by atoms with Crippen molar-refractivity contribution >= 4 is 22.9 Å². The fourth-order valence-electron chi connectivity index (χ4n) is 3.32. The van der Waals surface area contributed by atoms with Gasteiger partial charge in [-0.3, -0.25) is 20.4 Å². The number of hydrogen-bond acceptors (Lipinski definition) is 6. The Morgan fingerprint density at radius 1 is 1.06 bits per heavy atom. The third-order valence-electron chi connectivity index (χ3n) is 4.77. The van der Waals surface area contributed by atoms with E-state index in [0.717, 1.165) is 5.56 Å². The van der Waals surface area contributed by atoms with E-state index >= 15 is 0 Å². The van der Waals surface area contributed by atoms with Gasteiger partial charge in [0.2, 0.25) is 5.91 Å². The molecule has 3 heterocycles. The van der Waals surface area contributed by atoms with Gasteiger partial charge in [0.15, 0.2) is 0 Å². The van der Waals surface area contributed by atoms with E-state index in [2.05, 4.69) is 21.0 Å². The van der Waals surface area contributed by atoms with Gasteiger partial charge in [0, 0.05) is 5.56 Å². The number of carbonyl (C=O) groups is 2. The minimum Gasteiger partial charge on any atom is -0.466 e. The molecular weight excluding hydrogens is 403 g/mol. The quantitative estimate of drug-likeness (QED) is 0.487. The van der Waals surface area contributed by atoms with Crippen LogP contribution in [-0.4, -0.2) is 22.0 Å². The van der Waals surface area contributed by atoms with Gasteiger partial charge in [-0.1, -0.05) is 17.3 Å². The van der Waals surface area contributed by atoms with Crippen LogP contribution in [0.4, 0.5) is 4.39 Å². The van der Waals surface area contributed by atoms with Crippen LogP contribution in [0, 0.1) is 26.6 Å². The van der Waals surface area contributed by atoms with Crippen molar-refractivity contribution in [3.05, 3.63) is 70.6 Å². The van der Waals surface area contributed by atoms with Gasteiger partial charge in [0.05, 0.1) is 28.8 Å². The van der Waals surface area contributed by atoms with Crippen molar-refractivity contribution < 1.29 is 22.9 Å². The predicted molar refractivity (Wildman–Crippen MR) is 109 cm³/mol. The second-order valence-corrected chi connectivity index (χ2v) is 7.14. The van der Waals surface area contributed by atoms with Gasteiger partial charge < -0.3 is 8.94 Å². The fourth-order valence-corrected chi connectivity index (χ4v) is 3.32. The lowest BCUT2D eigenvalue weighted by Gasteiger charge is -2.09. The monoisotopic (exact) mass is 422 g/mol. The summed E-state index contributed by atoms with van der Waals surface area (Å²) >= 11 is 0. The van der Waals surface area contributed by atoms with Gasteiger partial charge in [0.25, 0.3) is 11.6 Å². The number of rotatable bonds is 4. The van der Waals surface area contributed by atoms with Gasteiger partial charge in [-0.25, -0.2) is 9.37 Å². The number of benzene rings is 1. The van der Waals surface area contributed by atoms with Gasteiger partial charge >= 0.3 is 0 Å². The maximum atomic E-state index is 13.0. The van der Waals surface area contributed by atoms with Gasteiger partial charge in [-0.15, -0.1) is 0 Å². The van der Waals surface area contributed by atoms with Crippen LogP contribution < -0.4 is 10.9 Å². The van der Waals surface area contributed by atoms with Crippen molar-refractivity contribution in [2.75, 3.05) is 0 Å². The minimum absolute atomic E-state index is 0.0165. The molecule has 0 spiro atoms. The molecule has 0 saturated heterocycles. The molecule has 2 amide bonds. The lowest BCUT2D eigenvalue weighted by atomic mass is 10.1. The Kier molecular flexibility index (Phi) is 5.24. The predicted octanol–water partition coefficient (Wildman–Crippen LogP) is 3.55. The zero-order chi connectivity index (χ0) is 22.1. The molecule has 4 aromatic rings. The Hall–Kier alpha value is -4.01. The largest absolute Gasteiger partial charge is 0.466 e. The van der Waals surface area contributed by atoms with E-state index < -0.39 is 11.8 Å². The molecule has 31 heavy (non-hydrogen) atoms. The van der Waals surface area contributed by atoms with Crippen LogP contribution in [0.3, 0.4) is 0 Å². The van der Waals surface area contributed by atoms with Crippen LogP contribution >= 0.6 is 0 Å². The molecule has 0 fully saturated rings. The maximum absolute atomic E-state index is 13.0. The first-order valence-corrected chi connectivity index (χ1v) is 9.50. The van der Waals surface area contributed by atoms with Crippen molar-refractivity contribution in [1.82, 2.24) is 21.0 Å². The summed E-state index contributed by atoms with van der Waals surface area (Å²) in [5, 5.41) is 4.35. The standard InChI is InChI=1S/C22H19FN4O4/c1-11-8-16(13(3)30-11)18-10-17(20-12(2)27-31-22(20)24-18)21(29)26-25-19(28)9-14-4-6-15(23)7-5-14/h4-8,10H,9H2,1-3H3,(H,25,28)(H,26,29). The highest BCUT2D eigenvalue weighted by molar-refractivity contribution is 6.07. The SMILES string of the molecule is Cc1cc(-c2cc(C(=O)NNC(=O)Cc3ccc(F)cc3)c3c(C)noc3n2)c(C)o1. The fraction of sp³-hybridized carbons (Fsp3) is 0.182. The zero-order valence-electron chi connectivity index (χ0n) is 17.1. The molecule has 0 radical (unpaired) electrons. The van der Waals surface area contributed by atoms with Crippen LogP contribution in [0.1, 0.15) is 33.1 Å². The van der Waals surface area contributed by atoms with E-state index in [1.165, 1.54) is 24.3 Å². The smallest absolute Gasteiger partial charge is 0.270 e. The number of aromatic nitrogens is 2. The summed E-state index contributed by atoms with van der Waals surface area (Å²) in [5.74, 6) is -0.0250. The summed E-state index contributed by atoms with van der Waals surface area (Å²) in [5.41, 5.74) is 7.55. The number of fused-ring (bicyclic) bond motifs is 1. The van der Waals surface area contributed by atoms with Crippen molar-refractivity contribution in [2.45, 2.75) is 27.2 Å². The number of nitrogens with zero attached hydrogens (tertiary/aromatic N) is 2. The third kappa shape index (κ3) is 4.16. The molecule has 0 unspecified atom stereocenters. The topological polar surface area (TPSA) is 110 Å². The molecule has 8 nitrogen and oxygen atoms in total. The van der Waals surface area contributed by atoms with Gasteiger partial charge in [-0.2, -0.15) is 0 Å². The van der Waals surface area contributed by atoms with E-state index in [1.54, 1.807) is 19.9 Å². The van der Waals surface area contributed by atoms with Crippen LogP contribution in [0.5, 0.6) is 0 Å². The number of hydrogen-bond donors (Lipinski definition) is 2. The normalized spacial score (nSPS) is 11.0. The molecule has 1 aromatic carbocycles. The Morgan fingerprint density at radius 2 is 1.81 bits per heavy atom. The summed E-state index contributed by atoms with van der Waals surface area (Å²) in [6.45, 7) is 5.32. The lowest BCUT2D eigenvalue weighted by molar-refractivity contribution is -0.121. The minimum atomic E-state index is -0.551. The summed E-state index contributed by atoms with van der Waals surface area (Å²) in [4.78, 5) is 29.5. The first kappa shape index (κ1) is 20.3. The molecule has 0 bridgehead atoms. The maximum Gasteiger partial charge on any atom is 0.270 e. The molecule has 0 aliphatic heterocycles. The van der Waals surface area contributed by atoms with Crippen LogP contribution in [0.2, 0.25) is 0 Å². The molecule has 0 atom stereocenters. The Bertz CT molecular complexity index is 1290. The summed E-state index contributed by atoms with van der Waals surface area (Å²) in [7, 11) is 0. The van der Waals surface area contributed by atoms with Crippen molar-refractivity contribution in [2.24, 2.45) is 0 Å².